The van der Waals surface area contributed by atoms with E-state index in [1.807, 2.05) is 0 Å². The Morgan fingerprint density at radius 3 is 0.338 bits per heavy atom. The monoisotopic (exact) mass is 1160 g/mol. The Morgan fingerprint density at radius 1 is 0.175 bits per heavy atom. The van der Waals surface area contributed by atoms with Crippen LogP contribution in [-0.4, -0.2) is 88.3 Å². The summed E-state index contributed by atoms with van der Waals surface area (Å²) in [6.45, 7) is 33.0. The fraction of sp³-hybridized carbons (Fsp3) is 1.00. The molecule has 0 atom stereocenters. The first kappa shape index (κ1) is 86.4. The summed E-state index contributed by atoms with van der Waals surface area (Å²) >= 11 is 0. The van der Waals surface area contributed by atoms with E-state index in [1.54, 1.807) is 0 Å². The van der Waals surface area contributed by atoms with Crippen LogP contribution >= 0.6 is 7.82 Å². The van der Waals surface area contributed by atoms with E-state index >= 15 is 0 Å². The summed E-state index contributed by atoms with van der Waals surface area (Å²) in [6.07, 6.45) is 77.1. The number of hydrogen-bond donors (Lipinski definition) is 3. The Bertz CT molecular complexity index is 843. The van der Waals surface area contributed by atoms with Crippen LogP contribution in [0.15, 0.2) is 0 Å². The Balaban J connectivity index is -0.000000518. The van der Waals surface area contributed by atoms with Gasteiger partial charge in [-0.2, -0.15) is 0 Å². The number of rotatable bonds is 63. The van der Waals surface area contributed by atoms with Crippen molar-refractivity contribution in [3.63, 3.8) is 0 Å². The van der Waals surface area contributed by atoms with Crippen LogP contribution < -0.4 is 0 Å². The van der Waals surface area contributed by atoms with Crippen LogP contribution in [0.2, 0.25) is 0 Å². The van der Waals surface area contributed by atoms with E-state index in [0.717, 1.165) is 0 Å². The van der Waals surface area contributed by atoms with Crippen molar-refractivity contribution in [3.05, 3.63) is 0 Å². The molecular weight excluding hydrogens is 1000 g/mol. The summed E-state index contributed by atoms with van der Waals surface area (Å²) in [5, 5.41) is 0. The van der Waals surface area contributed by atoms with Crippen LogP contribution in [-0.2, 0) is 4.57 Å². The fourth-order valence-electron chi connectivity index (χ4n) is 11.0. The summed E-state index contributed by atoms with van der Waals surface area (Å²) in [4.78, 5) is 29.9. The molecule has 80 heavy (non-hydrogen) atoms. The second kappa shape index (κ2) is 79.0. The lowest BCUT2D eigenvalue weighted by atomic mass is 10.1. The van der Waals surface area contributed by atoms with E-state index < -0.39 is 7.82 Å². The maximum absolute atomic E-state index is 8.88. The molecule has 3 N–H and O–H groups in total. The first-order valence-electron chi connectivity index (χ1n) is 37.0. The molecule has 0 aliphatic heterocycles. The quantitative estimate of drug-likeness (QED) is 0.0413. The average Bonchev–Trinajstić information content (AvgIpc) is 3.44. The van der Waals surface area contributed by atoms with Crippen LogP contribution in [0.1, 0.15) is 409 Å². The third kappa shape index (κ3) is 89.2. The predicted molar refractivity (Wildman–Crippen MR) is 364 cm³/mol. The van der Waals surface area contributed by atoms with Gasteiger partial charge in [-0.05, 0) is 117 Å². The van der Waals surface area contributed by atoms with Gasteiger partial charge in [0.25, 0.3) is 0 Å². The highest BCUT2D eigenvalue weighted by Crippen LogP contribution is 2.26. The fourth-order valence-corrected chi connectivity index (χ4v) is 11.0. The Morgan fingerprint density at radius 2 is 0.250 bits per heavy atom. The van der Waals surface area contributed by atoms with E-state index in [-0.39, 0.29) is 0 Å². The lowest BCUT2D eigenvalue weighted by molar-refractivity contribution is 0.254. The van der Waals surface area contributed by atoms with E-state index in [1.165, 1.54) is 406 Å². The Kier molecular flexibility index (Phi) is 85.3. The molecule has 0 aromatic heterocycles. The first-order valence-corrected chi connectivity index (χ1v) is 38.6. The number of nitrogens with zero attached hydrogens (tertiary/aromatic N) is 3. The van der Waals surface area contributed by atoms with Crippen LogP contribution in [0.25, 0.3) is 0 Å². The molecule has 0 aromatic rings. The highest BCUT2D eigenvalue weighted by atomic mass is 31.2. The molecule has 0 heterocycles. The normalized spacial score (nSPS) is 11.5. The largest absolute Gasteiger partial charge is 0.466 e. The third-order valence-corrected chi connectivity index (χ3v) is 16.5. The van der Waals surface area contributed by atoms with Gasteiger partial charge in [-0.3, -0.25) is 0 Å². The van der Waals surface area contributed by atoms with Crippen molar-refractivity contribution in [2.24, 2.45) is 0 Å². The van der Waals surface area contributed by atoms with Crippen molar-refractivity contribution >= 4 is 7.82 Å². The van der Waals surface area contributed by atoms with Crippen molar-refractivity contribution < 1.29 is 19.2 Å². The minimum absolute atomic E-state index is 1.36. The van der Waals surface area contributed by atoms with Gasteiger partial charge in [-0.25, -0.2) is 4.57 Å². The van der Waals surface area contributed by atoms with Crippen LogP contribution in [0, 0.1) is 0 Å². The highest BCUT2D eigenvalue weighted by Gasteiger charge is 2.08. The molecule has 488 valence electrons. The molecule has 7 nitrogen and oxygen atoms in total. The highest BCUT2D eigenvalue weighted by molar-refractivity contribution is 7.45. The number of phosphoric acid groups is 1. The molecule has 0 saturated carbocycles. The molecule has 8 heteroatoms. The summed E-state index contributed by atoms with van der Waals surface area (Å²) in [5.74, 6) is 0. The zero-order chi connectivity index (χ0) is 59.8. The van der Waals surface area contributed by atoms with Gasteiger partial charge in [0.15, 0.2) is 0 Å². The molecule has 0 aliphatic carbocycles. The van der Waals surface area contributed by atoms with Crippen LogP contribution in [0.3, 0.4) is 0 Å². The topological polar surface area (TPSA) is 87.5 Å². The molecule has 0 aromatic carbocycles. The molecule has 0 bridgehead atoms. The summed E-state index contributed by atoms with van der Waals surface area (Å²) in [7, 11) is -4.64. The minimum atomic E-state index is -4.64. The van der Waals surface area contributed by atoms with E-state index in [2.05, 4.69) is 77.0 Å². The Hall–Kier alpha value is -0.0100. The number of unbranched alkanes of at least 4 members (excludes halogenated alkanes) is 45. The maximum Gasteiger partial charge on any atom is 0.466 e. The maximum atomic E-state index is 8.88. The molecule has 0 saturated heterocycles. The van der Waals surface area contributed by atoms with Gasteiger partial charge in [0.2, 0.25) is 0 Å². The van der Waals surface area contributed by atoms with Gasteiger partial charge in [-0.15, -0.1) is 0 Å². The zero-order valence-electron chi connectivity index (χ0n) is 57.1. The molecule has 0 radical (unpaired) electrons. The van der Waals surface area contributed by atoms with Crippen molar-refractivity contribution in [2.75, 3.05) is 58.9 Å². The van der Waals surface area contributed by atoms with Gasteiger partial charge in [0.1, 0.15) is 0 Å². The number of hydrogen-bond acceptors (Lipinski definition) is 4. The zero-order valence-corrected chi connectivity index (χ0v) is 58.0. The molecule has 0 amide bonds. The van der Waals surface area contributed by atoms with Crippen LogP contribution in [0.5, 0.6) is 0 Å². The van der Waals surface area contributed by atoms with Crippen LogP contribution in [0.4, 0.5) is 0 Å². The second-order valence-electron chi connectivity index (χ2n) is 24.9. The molecule has 0 fully saturated rings. The lowest BCUT2D eigenvalue weighted by Crippen LogP contribution is -2.27. The molecule has 0 rings (SSSR count). The molecule has 0 unspecified atom stereocenters. The summed E-state index contributed by atoms with van der Waals surface area (Å²) in [6, 6.07) is 0. The van der Waals surface area contributed by atoms with E-state index in [4.69, 9.17) is 19.2 Å². The minimum Gasteiger partial charge on any atom is -0.303 e. The van der Waals surface area contributed by atoms with Crippen molar-refractivity contribution in [2.45, 2.75) is 409 Å². The van der Waals surface area contributed by atoms with E-state index in [9.17, 15) is 0 Å². The SMILES string of the molecule is CCCCCCCCN(CCCCCCCC)CCCCCCCC.CCCCCCCCN(CCCCCCCC)CCCCCCCC.CCCCCCCCN(CCCCCCCC)CCCCCCCC.O=P(O)(O)O. The first-order chi connectivity index (χ1) is 39.0. The average molecular weight is 1160 g/mol. The van der Waals surface area contributed by atoms with Crippen molar-refractivity contribution in [1.82, 2.24) is 14.7 Å². The molecule has 0 aliphatic rings. The van der Waals surface area contributed by atoms with Gasteiger partial charge in [0.05, 0.1) is 0 Å². The Labute approximate surface area is 507 Å². The van der Waals surface area contributed by atoms with E-state index in [0.29, 0.717) is 0 Å². The molecule has 0 spiro atoms. The van der Waals surface area contributed by atoms with Gasteiger partial charge in [-0.1, -0.05) is 351 Å². The van der Waals surface area contributed by atoms with Gasteiger partial charge >= 0.3 is 7.82 Å². The van der Waals surface area contributed by atoms with Gasteiger partial charge < -0.3 is 29.4 Å². The summed E-state index contributed by atoms with van der Waals surface area (Å²) in [5.41, 5.74) is 0. The smallest absolute Gasteiger partial charge is 0.303 e. The predicted octanol–water partition coefficient (Wildman–Crippen LogP) is 24.2. The summed E-state index contributed by atoms with van der Waals surface area (Å²) < 4.78 is 8.88. The van der Waals surface area contributed by atoms with Gasteiger partial charge in [0, 0.05) is 0 Å². The van der Waals surface area contributed by atoms with Crippen molar-refractivity contribution in [1.29, 1.82) is 0 Å². The standard InChI is InChI=1S/3C24H51N.H3O4P/c3*1-4-7-10-13-16-19-22-25(23-20-17-14-11-8-5-2)24-21-18-15-12-9-6-3;1-5(2,3)4/h3*4-24H2,1-3H3;(H3,1,2,3,4). The third-order valence-electron chi connectivity index (χ3n) is 16.5. The molecular formula is C72H156N3O4P. The second-order valence-corrected chi connectivity index (χ2v) is 26.0. The van der Waals surface area contributed by atoms with Crippen molar-refractivity contribution in [3.8, 4) is 0 Å². The lowest BCUT2D eigenvalue weighted by Gasteiger charge is -2.22.